The van der Waals surface area contributed by atoms with E-state index < -0.39 is 0 Å². The largest absolute Gasteiger partial charge is 0.377 e. The van der Waals surface area contributed by atoms with Crippen LogP contribution < -0.4 is 0 Å². The maximum atomic E-state index is 6.15. The fourth-order valence-corrected chi connectivity index (χ4v) is 3.76. The van der Waals surface area contributed by atoms with E-state index in [1.54, 1.807) is 0 Å². The first-order chi connectivity index (χ1) is 11.2. The van der Waals surface area contributed by atoms with E-state index in [-0.39, 0.29) is 0 Å². The Morgan fingerprint density at radius 2 is 1.91 bits per heavy atom. The van der Waals surface area contributed by atoms with E-state index in [1.807, 2.05) is 13.0 Å². The standard InChI is InChI=1S/C18H31N3O2/c1-15-5-3-4-6-18(15)22-12-11-20-7-9-21(10-8-20)14-17-13-16(2)23-19-17/h13,15,18H,3-12,14H2,1-2H3/t15-,18+/m0/s1. The lowest BCUT2D eigenvalue weighted by Crippen LogP contribution is -2.47. The molecule has 0 unspecified atom stereocenters. The second kappa shape index (κ2) is 8.27. The molecule has 0 spiro atoms. The minimum absolute atomic E-state index is 0.500. The van der Waals surface area contributed by atoms with Gasteiger partial charge in [-0.1, -0.05) is 24.9 Å². The van der Waals surface area contributed by atoms with Crippen LogP contribution in [0, 0.1) is 12.8 Å². The van der Waals surface area contributed by atoms with Gasteiger partial charge in [0.05, 0.1) is 18.4 Å². The summed E-state index contributed by atoms with van der Waals surface area (Å²) in [5.41, 5.74) is 1.05. The zero-order chi connectivity index (χ0) is 16.1. The Kier molecular flexibility index (Phi) is 6.08. The van der Waals surface area contributed by atoms with Gasteiger partial charge in [0.15, 0.2) is 0 Å². The van der Waals surface area contributed by atoms with Gasteiger partial charge in [0.2, 0.25) is 0 Å². The number of hydrogen-bond donors (Lipinski definition) is 0. The topological polar surface area (TPSA) is 41.7 Å². The highest BCUT2D eigenvalue weighted by Crippen LogP contribution is 2.26. The van der Waals surface area contributed by atoms with Gasteiger partial charge in [0.1, 0.15) is 5.76 Å². The van der Waals surface area contributed by atoms with Gasteiger partial charge in [-0.25, -0.2) is 0 Å². The van der Waals surface area contributed by atoms with E-state index in [4.69, 9.17) is 9.26 Å². The fraction of sp³-hybridized carbons (Fsp3) is 0.833. The Bertz CT molecular complexity index is 469. The van der Waals surface area contributed by atoms with Crippen LogP contribution in [0.25, 0.3) is 0 Å². The molecular formula is C18H31N3O2. The Labute approximate surface area is 139 Å². The molecule has 1 aliphatic carbocycles. The number of hydrogen-bond acceptors (Lipinski definition) is 5. The first kappa shape index (κ1) is 16.9. The Morgan fingerprint density at radius 3 is 2.61 bits per heavy atom. The van der Waals surface area contributed by atoms with Gasteiger partial charge in [-0.3, -0.25) is 9.80 Å². The molecule has 1 saturated carbocycles. The molecule has 0 aromatic carbocycles. The summed E-state index contributed by atoms with van der Waals surface area (Å²) < 4.78 is 11.3. The van der Waals surface area contributed by atoms with E-state index in [9.17, 15) is 0 Å². The molecule has 2 aliphatic rings. The van der Waals surface area contributed by atoms with Gasteiger partial charge in [-0.15, -0.1) is 0 Å². The van der Waals surface area contributed by atoms with Crippen LogP contribution in [-0.2, 0) is 11.3 Å². The quantitative estimate of drug-likeness (QED) is 0.806. The van der Waals surface area contributed by atoms with Crippen LogP contribution in [0.3, 0.4) is 0 Å². The molecule has 1 aromatic heterocycles. The zero-order valence-corrected chi connectivity index (χ0v) is 14.7. The van der Waals surface area contributed by atoms with E-state index >= 15 is 0 Å². The molecule has 1 aliphatic heterocycles. The third-order valence-electron chi connectivity index (χ3n) is 5.30. The maximum absolute atomic E-state index is 6.15. The minimum atomic E-state index is 0.500. The van der Waals surface area contributed by atoms with Crippen LogP contribution in [-0.4, -0.2) is 60.4 Å². The van der Waals surface area contributed by atoms with Crippen molar-refractivity contribution in [1.29, 1.82) is 0 Å². The molecule has 5 heteroatoms. The number of aromatic nitrogens is 1. The van der Waals surface area contributed by atoms with E-state index in [0.29, 0.717) is 6.10 Å². The molecule has 1 aromatic rings. The minimum Gasteiger partial charge on any atom is -0.377 e. The summed E-state index contributed by atoms with van der Waals surface area (Å²) in [6, 6.07) is 2.03. The van der Waals surface area contributed by atoms with Crippen molar-refractivity contribution in [3.05, 3.63) is 17.5 Å². The third kappa shape index (κ3) is 5.03. The molecule has 1 saturated heterocycles. The van der Waals surface area contributed by atoms with Crippen LogP contribution >= 0.6 is 0 Å². The summed E-state index contributed by atoms with van der Waals surface area (Å²) >= 11 is 0. The van der Waals surface area contributed by atoms with Crippen molar-refractivity contribution in [3.8, 4) is 0 Å². The van der Waals surface area contributed by atoms with E-state index in [2.05, 4.69) is 21.9 Å². The predicted molar refractivity (Wildman–Crippen MR) is 90.3 cm³/mol. The number of nitrogens with zero attached hydrogens (tertiary/aromatic N) is 3. The van der Waals surface area contributed by atoms with Gasteiger partial charge in [0, 0.05) is 45.3 Å². The lowest BCUT2D eigenvalue weighted by molar-refractivity contribution is -0.0182. The van der Waals surface area contributed by atoms with Crippen molar-refractivity contribution < 1.29 is 9.26 Å². The van der Waals surface area contributed by atoms with Gasteiger partial charge < -0.3 is 9.26 Å². The molecule has 0 N–H and O–H groups in total. The van der Waals surface area contributed by atoms with Crippen molar-refractivity contribution >= 4 is 0 Å². The monoisotopic (exact) mass is 321 g/mol. The summed E-state index contributed by atoms with van der Waals surface area (Å²) in [5.74, 6) is 1.64. The Balaban J connectivity index is 1.31. The summed E-state index contributed by atoms with van der Waals surface area (Å²) in [5, 5.41) is 4.09. The van der Waals surface area contributed by atoms with Crippen LogP contribution in [0.5, 0.6) is 0 Å². The highest BCUT2D eigenvalue weighted by molar-refractivity contribution is 5.03. The number of aryl methyl sites for hydroxylation is 1. The van der Waals surface area contributed by atoms with Gasteiger partial charge in [-0.2, -0.15) is 0 Å². The molecular weight excluding hydrogens is 290 g/mol. The second-order valence-corrected chi connectivity index (χ2v) is 7.22. The highest BCUT2D eigenvalue weighted by Gasteiger charge is 2.22. The summed E-state index contributed by atoms with van der Waals surface area (Å²) in [6.07, 6.45) is 5.82. The van der Waals surface area contributed by atoms with Gasteiger partial charge in [-0.05, 0) is 25.7 Å². The molecule has 2 atom stereocenters. The van der Waals surface area contributed by atoms with Crippen LogP contribution in [0.15, 0.2) is 10.6 Å². The Hall–Kier alpha value is -0.910. The van der Waals surface area contributed by atoms with Crippen molar-refractivity contribution in [2.45, 2.75) is 52.2 Å². The summed E-state index contributed by atoms with van der Waals surface area (Å²) in [6.45, 7) is 11.6. The Morgan fingerprint density at radius 1 is 1.17 bits per heavy atom. The average molecular weight is 321 g/mol. The highest BCUT2D eigenvalue weighted by atomic mass is 16.5. The number of piperazine rings is 1. The SMILES string of the molecule is Cc1cc(CN2CCN(CCO[C@@H]3CCCC[C@@H]3C)CC2)no1. The van der Waals surface area contributed by atoms with Crippen LogP contribution in [0.2, 0.25) is 0 Å². The molecule has 0 radical (unpaired) electrons. The first-order valence-electron chi connectivity index (χ1n) is 9.19. The van der Waals surface area contributed by atoms with Crippen LogP contribution in [0.1, 0.15) is 44.1 Å². The van der Waals surface area contributed by atoms with Gasteiger partial charge in [0.25, 0.3) is 0 Å². The van der Waals surface area contributed by atoms with Crippen molar-refractivity contribution in [3.63, 3.8) is 0 Å². The lowest BCUT2D eigenvalue weighted by Gasteiger charge is -2.35. The maximum Gasteiger partial charge on any atom is 0.133 e. The summed E-state index contributed by atoms with van der Waals surface area (Å²) in [4.78, 5) is 4.98. The predicted octanol–water partition coefficient (Wildman–Crippen LogP) is 2.70. The molecule has 2 fully saturated rings. The number of ether oxygens (including phenoxy) is 1. The normalized spacial score (nSPS) is 27.4. The van der Waals surface area contributed by atoms with Gasteiger partial charge >= 0.3 is 0 Å². The zero-order valence-electron chi connectivity index (χ0n) is 14.7. The summed E-state index contributed by atoms with van der Waals surface area (Å²) in [7, 11) is 0. The molecule has 130 valence electrons. The smallest absolute Gasteiger partial charge is 0.133 e. The molecule has 2 heterocycles. The van der Waals surface area contributed by atoms with Crippen molar-refractivity contribution in [1.82, 2.24) is 15.0 Å². The molecule has 0 amide bonds. The molecule has 3 rings (SSSR count). The molecule has 0 bridgehead atoms. The molecule has 5 nitrogen and oxygen atoms in total. The third-order valence-corrected chi connectivity index (χ3v) is 5.30. The first-order valence-corrected chi connectivity index (χ1v) is 9.19. The second-order valence-electron chi connectivity index (χ2n) is 7.22. The van der Waals surface area contributed by atoms with E-state index in [1.165, 1.54) is 25.7 Å². The number of rotatable bonds is 6. The lowest BCUT2D eigenvalue weighted by atomic mass is 9.88. The van der Waals surface area contributed by atoms with Crippen LogP contribution in [0.4, 0.5) is 0 Å². The average Bonchev–Trinajstić information content (AvgIpc) is 2.96. The van der Waals surface area contributed by atoms with E-state index in [0.717, 1.165) is 63.2 Å². The van der Waals surface area contributed by atoms with Crippen molar-refractivity contribution in [2.75, 3.05) is 39.3 Å². The van der Waals surface area contributed by atoms with Crippen molar-refractivity contribution in [2.24, 2.45) is 5.92 Å². The fourth-order valence-electron chi connectivity index (χ4n) is 3.76. The molecule has 23 heavy (non-hydrogen) atoms.